The minimum absolute atomic E-state index is 0.321. The van der Waals surface area contributed by atoms with Crippen LogP contribution in [0.1, 0.15) is 43.7 Å². The van der Waals surface area contributed by atoms with Crippen molar-refractivity contribution < 1.29 is 31.3 Å². The third kappa shape index (κ3) is 6.48. The maximum atomic E-state index is 13.4. The average molecular weight is 517 g/mol. The van der Waals surface area contributed by atoms with Crippen LogP contribution in [-0.2, 0) is 25.6 Å². The Morgan fingerprint density at radius 2 is 1.65 bits per heavy atom. The van der Waals surface area contributed by atoms with Crippen molar-refractivity contribution in [3.05, 3.63) is 65.2 Å². The second kappa shape index (κ2) is 10.5. The summed E-state index contributed by atoms with van der Waals surface area (Å²) in [6.45, 7) is 0.465. The molecular formula is C25H29F4O3PS. The maximum Gasteiger partial charge on any atom is 0.412 e. The normalized spacial score (nSPS) is 18.4. The van der Waals surface area contributed by atoms with E-state index < -0.39 is 24.9 Å². The molecule has 1 aliphatic carbocycles. The Labute approximate surface area is 203 Å². The van der Waals surface area contributed by atoms with Crippen LogP contribution in [0.25, 0.3) is 16.7 Å². The fraction of sp³-hybridized carbons (Fsp3) is 0.440. The van der Waals surface area contributed by atoms with Gasteiger partial charge in [-0.15, -0.1) is 0 Å². The molecule has 1 saturated carbocycles. The highest BCUT2D eigenvalue weighted by atomic mass is 32.5. The summed E-state index contributed by atoms with van der Waals surface area (Å²) in [5.74, 6) is 0.110. The van der Waals surface area contributed by atoms with Crippen LogP contribution in [0, 0.1) is 12.7 Å². The molecule has 3 rings (SSSR count). The number of benzene rings is 2. The van der Waals surface area contributed by atoms with Gasteiger partial charge in [-0.25, -0.2) is 4.39 Å². The van der Waals surface area contributed by atoms with Gasteiger partial charge in [0.2, 0.25) is 6.49 Å². The molecule has 0 spiro atoms. The Kier molecular flexibility index (Phi) is 8.29. The lowest BCUT2D eigenvalue weighted by atomic mass is 9.89. The molecule has 0 bridgehead atoms. The van der Waals surface area contributed by atoms with Crippen LogP contribution in [0.2, 0.25) is 0 Å². The lowest BCUT2D eigenvalue weighted by Crippen LogP contribution is -2.32. The zero-order valence-electron chi connectivity index (χ0n) is 19.7. The fourth-order valence-corrected chi connectivity index (χ4v) is 5.77. The molecule has 186 valence electrons. The summed E-state index contributed by atoms with van der Waals surface area (Å²) in [5, 5.41) is 0. The van der Waals surface area contributed by atoms with E-state index in [0.717, 1.165) is 40.7 Å². The van der Waals surface area contributed by atoms with Crippen molar-refractivity contribution in [1.29, 1.82) is 0 Å². The molecule has 3 nitrogen and oxygen atoms in total. The van der Waals surface area contributed by atoms with Crippen molar-refractivity contribution >= 4 is 23.9 Å². The predicted octanol–water partition coefficient (Wildman–Crippen LogP) is 8.03. The summed E-state index contributed by atoms with van der Waals surface area (Å²) in [4.78, 5) is 0. The van der Waals surface area contributed by atoms with Gasteiger partial charge in [0.05, 0.1) is 0 Å². The van der Waals surface area contributed by atoms with E-state index in [9.17, 15) is 17.6 Å². The molecule has 0 aromatic heterocycles. The third-order valence-electron chi connectivity index (χ3n) is 6.10. The molecule has 0 heterocycles. The monoisotopic (exact) mass is 516 g/mol. The number of hydrogen-bond donors (Lipinski definition) is 0. The Balaban J connectivity index is 2.10. The minimum Gasteiger partial charge on any atom is -0.445 e. The number of alkyl halides is 3. The molecule has 0 saturated heterocycles. The molecule has 0 aliphatic heterocycles. The Hall–Kier alpha value is -1.73. The highest BCUT2D eigenvalue weighted by Gasteiger charge is 2.43. The van der Waals surface area contributed by atoms with E-state index in [1.807, 2.05) is 32.0 Å². The third-order valence-corrected chi connectivity index (χ3v) is 7.75. The van der Waals surface area contributed by atoms with Gasteiger partial charge in [0.1, 0.15) is 17.2 Å². The molecule has 1 fully saturated rings. The van der Waals surface area contributed by atoms with Crippen LogP contribution in [0.5, 0.6) is 0 Å². The topological polar surface area (TPSA) is 27.7 Å². The van der Waals surface area contributed by atoms with Crippen LogP contribution in [0.4, 0.5) is 17.6 Å². The summed E-state index contributed by atoms with van der Waals surface area (Å²) in [5.41, 5.74) is 3.47. The van der Waals surface area contributed by atoms with Crippen LogP contribution in [-0.4, -0.2) is 32.2 Å². The lowest BCUT2D eigenvalue weighted by molar-refractivity contribution is -0.153. The largest absolute Gasteiger partial charge is 0.445 e. The van der Waals surface area contributed by atoms with E-state index in [-0.39, 0.29) is 5.82 Å². The predicted molar refractivity (Wildman–Crippen MR) is 131 cm³/mol. The first-order chi connectivity index (χ1) is 15.9. The van der Waals surface area contributed by atoms with Gasteiger partial charge in [-0.05, 0) is 97.4 Å². The molecule has 9 heteroatoms. The van der Waals surface area contributed by atoms with Crippen LogP contribution >= 0.6 is 6.49 Å². The van der Waals surface area contributed by atoms with E-state index in [2.05, 4.69) is 0 Å². The quantitative estimate of drug-likeness (QED) is 0.202. The van der Waals surface area contributed by atoms with Crippen LogP contribution in [0.15, 0.2) is 48.2 Å². The highest BCUT2D eigenvalue weighted by molar-refractivity contribution is 8.09. The molecule has 1 unspecified atom stereocenters. The molecule has 1 atom stereocenters. The van der Waals surface area contributed by atoms with Gasteiger partial charge < -0.3 is 13.8 Å². The Bertz CT molecular complexity index is 1090. The minimum atomic E-state index is -4.51. The number of halogens is 4. The summed E-state index contributed by atoms with van der Waals surface area (Å²) in [7, 11) is 1.58. The highest BCUT2D eigenvalue weighted by Crippen LogP contribution is 2.54. The molecule has 34 heavy (non-hydrogen) atoms. The van der Waals surface area contributed by atoms with Crippen molar-refractivity contribution in [3.63, 3.8) is 0 Å². The van der Waals surface area contributed by atoms with Gasteiger partial charge in [-0.1, -0.05) is 24.3 Å². The van der Waals surface area contributed by atoms with E-state index in [1.165, 1.54) is 18.8 Å². The first kappa shape index (κ1) is 26.9. The van der Waals surface area contributed by atoms with E-state index >= 15 is 0 Å². The number of allylic oxidation sites excluding steroid dienone is 1. The first-order valence-corrected chi connectivity index (χ1v) is 14.1. The zero-order chi connectivity index (χ0) is 25.1. The summed E-state index contributed by atoms with van der Waals surface area (Å²) < 4.78 is 68.9. The van der Waals surface area contributed by atoms with Crippen molar-refractivity contribution in [3.8, 4) is 11.1 Å². The van der Waals surface area contributed by atoms with E-state index in [0.29, 0.717) is 18.6 Å². The number of methoxy groups -OCH3 is 1. The molecule has 1 aliphatic rings. The van der Waals surface area contributed by atoms with Crippen LogP contribution < -0.4 is 0 Å². The van der Waals surface area contributed by atoms with Crippen molar-refractivity contribution in [2.75, 3.05) is 20.4 Å². The number of ether oxygens (including phenoxy) is 1. The van der Waals surface area contributed by atoms with Crippen LogP contribution in [0.3, 0.4) is 0 Å². The fourth-order valence-electron chi connectivity index (χ4n) is 4.32. The van der Waals surface area contributed by atoms with E-state index in [1.54, 1.807) is 19.2 Å². The molecule has 2 aromatic rings. The SMILES string of the molecule is COC1(/C(OP(C)(=S)OCC(F)(F)F)=C(\C)c2cc(-c3ccc(F)cc3)ccc2C)CCCC1. The number of hydrogen-bond acceptors (Lipinski definition) is 4. The molecule has 0 N–H and O–H groups in total. The lowest BCUT2D eigenvalue weighted by Gasteiger charge is -2.35. The van der Waals surface area contributed by atoms with E-state index in [4.69, 9.17) is 25.6 Å². The molecule has 0 amide bonds. The zero-order valence-corrected chi connectivity index (χ0v) is 21.4. The second-order valence-corrected chi connectivity index (χ2v) is 12.6. The first-order valence-electron chi connectivity index (χ1n) is 11.0. The van der Waals surface area contributed by atoms with Gasteiger partial charge in [0.25, 0.3) is 0 Å². The average Bonchev–Trinajstić information content (AvgIpc) is 3.27. The van der Waals surface area contributed by atoms with Crippen molar-refractivity contribution in [2.45, 2.75) is 51.3 Å². The van der Waals surface area contributed by atoms with Gasteiger partial charge in [-0.2, -0.15) is 13.2 Å². The molecule has 2 aromatic carbocycles. The van der Waals surface area contributed by atoms with Crippen molar-refractivity contribution in [2.24, 2.45) is 0 Å². The second-order valence-electron chi connectivity index (χ2n) is 8.65. The summed E-state index contributed by atoms with van der Waals surface area (Å²) >= 11 is 5.38. The maximum absolute atomic E-state index is 13.4. The van der Waals surface area contributed by atoms with Crippen molar-refractivity contribution in [1.82, 2.24) is 0 Å². The molecular weight excluding hydrogens is 487 g/mol. The Morgan fingerprint density at radius 1 is 1.06 bits per heavy atom. The van der Waals surface area contributed by atoms with Gasteiger partial charge in [0.15, 0.2) is 6.61 Å². The Morgan fingerprint density at radius 3 is 2.21 bits per heavy atom. The number of aryl methyl sites for hydroxylation is 1. The standard InChI is InChI=1S/C25H29F4O3PS/c1-17-7-8-20(19-9-11-21(26)12-10-19)15-22(17)18(2)23(24(30-3)13-5-6-14-24)32-33(4,34)31-16-25(27,28)29/h7-12,15H,5-6,13-14,16H2,1-4H3/b23-18-. The number of rotatable bonds is 8. The van der Waals surface area contributed by atoms with Gasteiger partial charge in [-0.3, -0.25) is 0 Å². The summed E-state index contributed by atoms with van der Waals surface area (Å²) in [6, 6.07) is 12.1. The smallest absolute Gasteiger partial charge is 0.412 e. The van der Waals surface area contributed by atoms with Gasteiger partial charge in [0, 0.05) is 13.8 Å². The summed E-state index contributed by atoms with van der Waals surface area (Å²) in [6.07, 6.45) is -1.37. The molecule has 0 radical (unpaired) electrons. The van der Waals surface area contributed by atoms with Gasteiger partial charge >= 0.3 is 6.18 Å².